The molecule has 0 aliphatic rings. The van der Waals surface area contributed by atoms with Crippen molar-refractivity contribution in [2.75, 3.05) is 0 Å². The van der Waals surface area contributed by atoms with Gasteiger partial charge in [-0.1, -0.05) is 13.0 Å². The van der Waals surface area contributed by atoms with Crippen LogP contribution < -0.4 is 5.73 Å². The molecule has 0 aliphatic heterocycles. The van der Waals surface area contributed by atoms with E-state index in [-0.39, 0.29) is 6.04 Å². The Balaban J connectivity index is 2.79. The van der Waals surface area contributed by atoms with Gasteiger partial charge in [0, 0.05) is 9.75 Å². The standard InChI is InChI=1S/C9H13NS/c1-3-7-5-6-9(11-7)8(10)4-2/h4-6,8H,2-3,10H2,1H3/t8-/m1/s1. The van der Waals surface area contributed by atoms with Crippen LogP contribution in [0.1, 0.15) is 22.7 Å². The number of aryl methyl sites for hydroxylation is 1. The molecule has 0 spiro atoms. The summed E-state index contributed by atoms with van der Waals surface area (Å²) in [6.45, 7) is 5.80. The van der Waals surface area contributed by atoms with Crippen LogP contribution in [0.5, 0.6) is 0 Å². The van der Waals surface area contributed by atoms with Crippen LogP contribution >= 0.6 is 11.3 Å². The maximum Gasteiger partial charge on any atom is 0.0573 e. The van der Waals surface area contributed by atoms with Crippen LogP contribution in [0.2, 0.25) is 0 Å². The van der Waals surface area contributed by atoms with Crippen molar-refractivity contribution in [2.45, 2.75) is 19.4 Å². The van der Waals surface area contributed by atoms with Gasteiger partial charge in [-0.05, 0) is 18.6 Å². The van der Waals surface area contributed by atoms with Crippen molar-refractivity contribution in [3.05, 3.63) is 34.5 Å². The first-order chi connectivity index (χ1) is 5.27. The average Bonchev–Trinajstić information content (AvgIpc) is 2.50. The molecule has 0 aromatic carbocycles. The van der Waals surface area contributed by atoms with Crippen LogP contribution in [0, 0.1) is 0 Å². The van der Waals surface area contributed by atoms with Crippen LogP contribution in [0.3, 0.4) is 0 Å². The molecule has 0 unspecified atom stereocenters. The molecule has 1 atom stereocenters. The summed E-state index contributed by atoms with van der Waals surface area (Å²) in [6.07, 6.45) is 2.86. The second-order valence-corrected chi connectivity index (χ2v) is 3.62. The summed E-state index contributed by atoms with van der Waals surface area (Å²) in [5.41, 5.74) is 5.75. The topological polar surface area (TPSA) is 26.0 Å². The van der Waals surface area contributed by atoms with Gasteiger partial charge in [0.2, 0.25) is 0 Å². The number of thiophene rings is 1. The fraction of sp³-hybridized carbons (Fsp3) is 0.333. The quantitative estimate of drug-likeness (QED) is 0.688. The van der Waals surface area contributed by atoms with Crippen molar-refractivity contribution < 1.29 is 0 Å². The van der Waals surface area contributed by atoms with Crippen LogP contribution in [-0.4, -0.2) is 0 Å². The molecule has 1 rings (SSSR count). The van der Waals surface area contributed by atoms with Gasteiger partial charge in [0.25, 0.3) is 0 Å². The molecule has 1 aromatic heterocycles. The fourth-order valence-electron chi connectivity index (χ4n) is 0.880. The lowest BCUT2D eigenvalue weighted by Crippen LogP contribution is -2.03. The van der Waals surface area contributed by atoms with E-state index in [9.17, 15) is 0 Å². The zero-order valence-electron chi connectivity index (χ0n) is 6.71. The maximum atomic E-state index is 5.75. The van der Waals surface area contributed by atoms with E-state index in [4.69, 9.17) is 5.73 Å². The molecule has 0 aliphatic carbocycles. The highest BCUT2D eigenvalue weighted by Crippen LogP contribution is 2.22. The Morgan fingerprint density at radius 2 is 2.45 bits per heavy atom. The predicted molar refractivity (Wildman–Crippen MR) is 50.8 cm³/mol. The van der Waals surface area contributed by atoms with Crippen molar-refractivity contribution in [3.63, 3.8) is 0 Å². The summed E-state index contributed by atoms with van der Waals surface area (Å²) >= 11 is 1.77. The number of hydrogen-bond donors (Lipinski definition) is 1. The number of rotatable bonds is 3. The highest BCUT2D eigenvalue weighted by Gasteiger charge is 2.03. The summed E-state index contributed by atoms with van der Waals surface area (Å²) in [6, 6.07) is 4.22. The van der Waals surface area contributed by atoms with Crippen LogP contribution in [0.25, 0.3) is 0 Å². The first-order valence-corrected chi connectivity index (χ1v) is 4.56. The van der Waals surface area contributed by atoms with Gasteiger partial charge in [-0.15, -0.1) is 17.9 Å². The molecule has 0 saturated carbocycles. The maximum absolute atomic E-state index is 5.75. The van der Waals surface area contributed by atoms with E-state index in [1.54, 1.807) is 17.4 Å². The zero-order chi connectivity index (χ0) is 8.27. The molecule has 1 aromatic rings. The van der Waals surface area contributed by atoms with Crippen LogP contribution in [0.15, 0.2) is 24.8 Å². The van der Waals surface area contributed by atoms with E-state index in [2.05, 4.69) is 25.6 Å². The van der Waals surface area contributed by atoms with Gasteiger partial charge in [-0.3, -0.25) is 0 Å². The van der Waals surface area contributed by atoms with Gasteiger partial charge in [0.05, 0.1) is 6.04 Å². The van der Waals surface area contributed by atoms with Gasteiger partial charge in [-0.25, -0.2) is 0 Å². The van der Waals surface area contributed by atoms with Crippen LogP contribution in [0.4, 0.5) is 0 Å². The Morgan fingerprint density at radius 3 is 2.91 bits per heavy atom. The normalized spacial score (nSPS) is 12.9. The fourth-order valence-corrected chi connectivity index (χ4v) is 1.83. The smallest absolute Gasteiger partial charge is 0.0573 e. The summed E-state index contributed by atoms with van der Waals surface area (Å²) in [5.74, 6) is 0. The third kappa shape index (κ3) is 1.91. The Hall–Kier alpha value is -0.600. The van der Waals surface area contributed by atoms with Crippen molar-refractivity contribution in [3.8, 4) is 0 Å². The van der Waals surface area contributed by atoms with E-state index in [0.717, 1.165) is 6.42 Å². The summed E-state index contributed by atoms with van der Waals surface area (Å²) in [7, 11) is 0. The van der Waals surface area contributed by atoms with Crippen molar-refractivity contribution in [2.24, 2.45) is 5.73 Å². The predicted octanol–water partition coefficient (Wildman–Crippen LogP) is 2.50. The van der Waals surface area contributed by atoms with Crippen LogP contribution in [-0.2, 0) is 6.42 Å². The largest absolute Gasteiger partial charge is 0.320 e. The molecule has 0 bridgehead atoms. The zero-order valence-corrected chi connectivity index (χ0v) is 7.53. The van der Waals surface area contributed by atoms with E-state index < -0.39 is 0 Å². The number of hydrogen-bond acceptors (Lipinski definition) is 2. The highest BCUT2D eigenvalue weighted by molar-refractivity contribution is 7.12. The lowest BCUT2D eigenvalue weighted by atomic mass is 10.2. The summed E-state index contributed by atoms with van der Waals surface area (Å²) in [5, 5.41) is 0. The van der Waals surface area contributed by atoms with E-state index in [1.165, 1.54) is 9.75 Å². The number of nitrogens with two attached hydrogens (primary N) is 1. The second kappa shape index (κ2) is 3.69. The third-order valence-electron chi connectivity index (χ3n) is 1.61. The van der Waals surface area contributed by atoms with Gasteiger partial charge in [0.1, 0.15) is 0 Å². The molecule has 1 heterocycles. The Morgan fingerprint density at radius 1 is 1.73 bits per heavy atom. The Bertz CT molecular complexity index is 239. The monoisotopic (exact) mass is 167 g/mol. The molecule has 0 radical (unpaired) electrons. The van der Waals surface area contributed by atoms with E-state index in [1.807, 2.05) is 0 Å². The Kier molecular flexibility index (Phi) is 2.85. The van der Waals surface area contributed by atoms with E-state index >= 15 is 0 Å². The van der Waals surface area contributed by atoms with Gasteiger partial charge in [-0.2, -0.15) is 0 Å². The lowest BCUT2D eigenvalue weighted by molar-refractivity contribution is 0.940. The first-order valence-electron chi connectivity index (χ1n) is 3.74. The minimum atomic E-state index is 0.0142. The molecular weight excluding hydrogens is 154 g/mol. The second-order valence-electron chi connectivity index (χ2n) is 2.42. The summed E-state index contributed by atoms with van der Waals surface area (Å²) in [4.78, 5) is 2.59. The highest BCUT2D eigenvalue weighted by atomic mass is 32.1. The Labute approximate surface area is 71.5 Å². The lowest BCUT2D eigenvalue weighted by Gasteiger charge is -1.99. The molecule has 0 saturated heterocycles. The minimum Gasteiger partial charge on any atom is -0.320 e. The molecule has 2 heteroatoms. The third-order valence-corrected chi connectivity index (χ3v) is 2.94. The first kappa shape index (κ1) is 8.50. The molecular formula is C9H13NS. The minimum absolute atomic E-state index is 0.0142. The van der Waals surface area contributed by atoms with Crippen molar-refractivity contribution in [1.82, 2.24) is 0 Å². The summed E-state index contributed by atoms with van der Waals surface area (Å²) < 4.78 is 0. The van der Waals surface area contributed by atoms with Gasteiger partial charge >= 0.3 is 0 Å². The average molecular weight is 167 g/mol. The van der Waals surface area contributed by atoms with Gasteiger partial charge in [0.15, 0.2) is 0 Å². The SMILES string of the molecule is C=C[C@@H](N)c1ccc(CC)s1. The van der Waals surface area contributed by atoms with E-state index in [0.29, 0.717) is 0 Å². The molecule has 60 valence electrons. The van der Waals surface area contributed by atoms with Crippen molar-refractivity contribution in [1.29, 1.82) is 0 Å². The molecule has 0 amide bonds. The van der Waals surface area contributed by atoms with Crippen molar-refractivity contribution >= 4 is 11.3 Å². The molecule has 0 fully saturated rings. The van der Waals surface area contributed by atoms with Gasteiger partial charge < -0.3 is 5.73 Å². The molecule has 1 nitrogen and oxygen atoms in total. The molecule has 11 heavy (non-hydrogen) atoms. The molecule has 2 N–H and O–H groups in total.